The molecule has 0 radical (unpaired) electrons. The number of rotatable bonds is 5. The molecule has 0 bridgehead atoms. The summed E-state index contributed by atoms with van der Waals surface area (Å²) in [5, 5.41) is 0. The Hall–Kier alpha value is -1.31. The minimum atomic E-state index is -1.49. The second-order valence-corrected chi connectivity index (χ2v) is 5.14. The van der Waals surface area contributed by atoms with Crippen LogP contribution in [0.1, 0.15) is 42.9 Å². The fourth-order valence-corrected chi connectivity index (χ4v) is 2.13. The highest BCUT2D eigenvalue weighted by atomic mass is 16.2. The van der Waals surface area contributed by atoms with Crippen molar-refractivity contribution in [1.82, 2.24) is 4.90 Å². The van der Waals surface area contributed by atoms with Gasteiger partial charge < -0.3 is 4.90 Å². The quantitative estimate of drug-likeness (QED) is 0.782. The van der Waals surface area contributed by atoms with Crippen LogP contribution in [0.5, 0.6) is 0 Å². The van der Waals surface area contributed by atoms with Crippen LogP contribution in [0.25, 0.3) is 0 Å². The molecule has 0 heterocycles. The number of nitrogens with zero attached hydrogens (tertiary/aromatic N) is 1. The summed E-state index contributed by atoms with van der Waals surface area (Å²) in [6.45, 7) is 9.30. The zero-order chi connectivity index (χ0) is 15.5. The molecule has 1 rings (SSSR count). The van der Waals surface area contributed by atoms with Crippen molar-refractivity contribution >= 4 is 5.91 Å². The Bertz CT molecular complexity index is 435. The number of carbonyl (C=O) groups is 1. The molecule has 0 spiro atoms. The van der Waals surface area contributed by atoms with Gasteiger partial charge in [-0.3, -0.25) is 4.79 Å². The van der Waals surface area contributed by atoms with E-state index in [0.717, 1.165) is 0 Å². The first kappa shape index (κ1) is 11.8. The molecule has 0 aliphatic carbocycles. The van der Waals surface area contributed by atoms with E-state index in [-0.39, 0.29) is 18.0 Å². The number of amides is 1. The van der Waals surface area contributed by atoms with E-state index in [2.05, 4.69) is 0 Å². The Morgan fingerprint density at radius 1 is 1.17 bits per heavy atom. The summed E-state index contributed by atoms with van der Waals surface area (Å²) in [4.78, 5) is 14.4. The Kier molecular flexibility index (Phi) is 4.30. The first-order valence-electron chi connectivity index (χ1n) is 7.57. The van der Waals surface area contributed by atoms with Crippen molar-refractivity contribution in [3.8, 4) is 0 Å². The van der Waals surface area contributed by atoms with Gasteiger partial charge in [0.2, 0.25) is 5.91 Å². The van der Waals surface area contributed by atoms with Crippen LogP contribution < -0.4 is 0 Å². The highest BCUT2D eigenvalue weighted by Gasteiger charge is 2.24. The molecule has 2 heteroatoms. The van der Waals surface area contributed by atoms with E-state index in [4.69, 9.17) is 2.74 Å². The van der Waals surface area contributed by atoms with Gasteiger partial charge in [-0.25, -0.2) is 0 Å². The Morgan fingerprint density at radius 3 is 2.11 bits per heavy atom. The van der Waals surface area contributed by atoms with E-state index in [1.54, 1.807) is 17.0 Å². The molecule has 0 aromatic heterocycles. The van der Waals surface area contributed by atoms with Gasteiger partial charge >= 0.3 is 0 Å². The maximum atomic E-state index is 12.7. The first-order chi connectivity index (χ1) is 9.19. The lowest BCUT2D eigenvalue weighted by atomic mass is 9.98. The molecule has 0 N–H and O–H groups in total. The van der Waals surface area contributed by atoms with Crippen molar-refractivity contribution in [3.63, 3.8) is 0 Å². The molecule has 1 aromatic rings. The van der Waals surface area contributed by atoms with Gasteiger partial charge in [-0.05, 0) is 39.7 Å². The van der Waals surface area contributed by atoms with E-state index >= 15 is 0 Å². The summed E-state index contributed by atoms with van der Waals surface area (Å²) in [7, 11) is 0. The Morgan fingerprint density at radius 2 is 1.67 bits per heavy atom. The molecule has 1 aromatic carbocycles. The van der Waals surface area contributed by atoms with E-state index in [1.165, 1.54) is 6.92 Å². The van der Waals surface area contributed by atoms with Gasteiger partial charge in [-0.15, -0.1) is 0 Å². The van der Waals surface area contributed by atoms with Gasteiger partial charge in [0.1, 0.15) is 0 Å². The third kappa shape index (κ3) is 3.86. The van der Waals surface area contributed by atoms with Gasteiger partial charge in [-0.2, -0.15) is 0 Å². The minimum Gasteiger partial charge on any atom is -0.338 e. The summed E-state index contributed by atoms with van der Waals surface area (Å²) in [5.41, 5.74) is 0.700. The van der Waals surface area contributed by atoms with Crippen LogP contribution in [0.15, 0.2) is 30.3 Å². The molecule has 0 aliphatic heterocycles. The summed E-state index contributed by atoms with van der Waals surface area (Å²) in [5.74, 6) is -1.78. The van der Waals surface area contributed by atoms with Crippen LogP contribution in [-0.4, -0.2) is 22.9 Å². The van der Waals surface area contributed by atoms with Crippen molar-refractivity contribution < 1.29 is 7.54 Å². The van der Waals surface area contributed by atoms with E-state index in [0.29, 0.717) is 5.56 Å². The van der Waals surface area contributed by atoms with E-state index < -0.39 is 12.3 Å². The van der Waals surface area contributed by atoms with Crippen LogP contribution in [0.4, 0.5) is 0 Å². The number of benzene rings is 1. The van der Waals surface area contributed by atoms with Crippen LogP contribution in [0.2, 0.25) is 0 Å². The summed E-state index contributed by atoms with van der Waals surface area (Å²) >= 11 is 0. The average molecular weight is 249 g/mol. The molecule has 18 heavy (non-hydrogen) atoms. The van der Waals surface area contributed by atoms with Crippen LogP contribution in [0.3, 0.4) is 0 Å². The first-order valence-corrected chi connectivity index (χ1v) is 6.49. The Labute approximate surface area is 114 Å². The monoisotopic (exact) mass is 249 g/mol. The van der Waals surface area contributed by atoms with Crippen molar-refractivity contribution in [2.75, 3.05) is 0 Å². The van der Waals surface area contributed by atoms with Gasteiger partial charge in [-0.1, -0.05) is 37.3 Å². The smallest absolute Gasteiger partial charge is 0.226 e. The maximum absolute atomic E-state index is 12.7. The lowest BCUT2D eigenvalue weighted by Crippen LogP contribution is -2.45. The average Bonchev–Trinajstić information content (AvgIpc) is 2.37. The lowest BCUT2D eigenvalue weighted by molar-refractivity contribution is -0.138. The molecule has 1 amide bonds. The highest BCUT2D eigenvalue weighted by Crippen LogP contribution is 2.15. The molecule has 100 valence electrons. The molecule has 0 saturated heterocycles. The zero-order valence-corrected chi connectivity index (χ0v) is 12.0. The molecule has 0 fully saturated rings. The number of carbonyl (C=O) groups excluding carboxylic acids is 1. The molecule has 0 unspecified atom stereocenters. The predicted octanol–water partition coefficient (Wildman–Crippen LogP) is 3.51. The fraction of sp³-hybridized carbons (Fsp3) is 0.562. The third-order valence-corrected chi connectivity index (χ3v) is 2.87. The molecular formula is C16H25NO. The zero-order valence-electron chi connectivity index (χ0n) is 14.0. The summed E-state index contributed by atoms with van der Waals surface area (Å²) in [6.07, 6.45) is -0.892. The number of hydrogen-bond acceptors (Lipinski definition) is 1. The maximum Gasteiger partial charge on any atom is 0.226 e. The topological polar surface area (TPSA) is 20.3 Å². The van der Waals surface area contributed by atoms with Crippen molar-refractivity contribution in [2.24, 2.45) is 5.89 Å². The molecule has 0 saturated carbocycles. The SMILES string of the molecule is [2H][C@@H](c1ccccc1)[C@]([2H])(C)C(=O)N(C(C)C)C(C)C. The highest BCUT2D eigenvalue weighted by molar-refractivity contribution is 5.79. The largest absolute Gasteiger partial charge is 0.338 e. The summed E-state index contributed by atoms with van der Waals surface area (Å²) in [6, 6.07) is 9.18. The fourth-order valence-electron chi connectivity index (χ4n) is 2.13. The minimum absolute atomic E-state index is 0.0233. The van der Waals surface area contributed by atoms with E-state index in [9.17, 15) is 4.79 Å². The van der Waals surface area contributed by atoms with Gasteiger partial charge in [0, 0.05) is 20.7 Å². The van der Waals surface area contributed by atoms with Gasteiger partial charge in [0.25, 0.3) is 0 Å². The molecule has 2 nitrogen and oxygen atoms in total. The molecular weight excluding hydrogens is 222 g/mol. The van der Waals surface area contributed by atoms with Gasteiger partial charge in [0.15, 0.2) is 0 Å². The van der Waals surface area contributed by atoms with E-state index in [1.807, 2.05) is 45.9 Å². The standard InChI is InChI=1S/C16H25NO/c1-12(2)17(13(3)4)16(18)14(5)11-15-9-7-6-8-10-15/h6-10,12-14H,11H2,1-5H3/t14-/m0/s1/i11D,14D/t11-,14+/m1. The third-order valence-electron chi connectivity index (χ3n) is 2.87. The van der Waals surface area contributed by atoms with Crippen molar-refractivity contribution in [3.05, 3.63) is 35.9 Å². The van der Waals surface area contributed by atoms with Crippen molar-refractivity contribution in [2.45, 2.75) is 53.1 Å². The molecule has 2 atom stereocenters. The summed E-state index contributed by atoms with van der Waals surface area (Å²) < 4.78 is 16.7. The second-order valence-electron chi connectivity index (χ2n) is 5.14. The number of hydrogen-bond donors (Lipinski definition) is 0. The predicted molar refractivity (Wildman–Crippen MR) is 76.4 cm³/mol. The normalized spacial score (nSPS) is 17.9. The lowest BCUT2D eigenvalue weighted by Gasteiger charge is -2.33. The Balaban J connectivity index is 3.05. The van der Waals surface area contributed by atoms with Crippen LogP contribution >= 0.6 is 0 Å². The van der Waals surface area contributed by atoms with Gasteiger partial charge in [0.05, 0.1) is 0 Å². The second kappa shape index (κ2) is 6.58. The van der Waals surface area contributed by atoms with Crippen LogP contribution in [0, 0.1) is 5.89 Å². The van der Waals surface area contributed by atoms with Crippen LogP contribution in [-0.2, 0) is 11.2 Å². The van der Waals surface area contributed by atoms with Crippen molar-refractivity contribution in [1.29, 1.82) is 0 Å². The molecule has 0 aliphatic rings.